The zero-order valence-electron chi connectivity index (χ0n) is 18.9. The molecule has 2 aromatic rings. The number of hydrogen-bond acceptors (Lipinski definition) is 5. The molecule has 2 saturated heterocycles. The van der Waals surface area contributed by atoms with Crippen molar-refractivity contribution in [1.29, 1.82) is 0 Å². The first kappa shape index (κ1) is 23.0. The van der Waals surface area contributed by atoms with Crippen molar-refractivity contribution in [3.05, 3.63) is 71.8 Å². The maximum atomic E-state index is 13.0. The van der Waals surface area contributed by atoms with Gasteiger partial charge in [-0.1, -0.05) is 60.7 Å². The Hall–Kier alpha value is -2.19. The number of hydrogen-bond donors (Lipinski definition) is 2. The lowest BCUT2D eigenvalue weighted by Gasteiger charge is -2.45. The lowest BCUT2D eigenvalue weighted by atomic mass is 9.80. The second kappa shape index (κ2) is 10.2. The van der Waals surface area contributed by atoms with Gasteiger partial charge in [-0.3, -0.25) is 9.69 Å². The van der Waals surface area contributed by atoms with Gasteiger partial charge in [0.15, 0.2) is 5.72 Å². The Balaban J connectivity index is 1.39. The summed E-state index contributed by atoms with van der Waals surface area (Å²) in [6.07, 6.45) is 2.49. The summed E-state index contributed by atoms with van der Waals surface area (Å²) < 4.78 is 0. The molecule has 6 nitrogen and oxygen atoms in total. The van der Waals surface area contributed by atoms with Crippen molar-refractivity contribution in [2.24, 2.45) is 5.92 Å². The van der Waals surface area contributed by atoms with Crippen LogP contribution < -0.4 is 0 Å². The number of aliphatic hydroxyl groups is 1. The minimum atomic E-state index is -1.22. The molecule has 0 spiro atoms. The van der Waals surface area contributed by atoms with Crippen molar-refractivity contribution in [3.8, 4) is 0 Å². The first-order valence-corrected chi connectivity index (χ1v) is 11.8. The Labute approximate surface area is 191 Å². The number of piperidine rings is 1. The topological polar surface area (TPSA) is 67.2 Å². The van der Waals surface area contributed by atoms with Crippen LogP contribution in [0, 0.1) is 5.92 Å². The Morgan fingerprint density at radius 2 is 1.41 bits per heavy atom. The van der Waals surface area contributed by atoms with Crippen molar-refractivity contribution in [1.82, 2.24) is 14.6 Å². The van der Waals surface area contributed by atoms with E-state index in [1.807, 2.05) is 65.6 Å². The van der Waals surface area contributed by atoms with Crippen molar-refractivity contribution in [2.75, 3.05) is 39.3 Å². The maximum absolute atomic E-state index is 13.0. The van der Waals surface area contributed by atoms with Gasteiger partial charge in [0.05, 0.1) is 0 Å². The predicted molar refractivity (Wildman–Crippen MR) is 127 cm³/mol. The van der Waals surface area contributed by atoms with Crippen LogP contribution in [0.2, 0.25) is 6.82 Å². The van der Waals surface area contributed by atoms with E-state index in [9.17, 15) is 14.9 Å². The van der Waals surface area contributed by atoms with Crippen LogP contribution in [0.25, 0.3) is 0 Å². The average molecular weight is 435 g/mol. The highest BCUT2D eigenvalue weighted by molar-refractivity contribution is 6.45. The van der Waals surface area contributed by atoms with Crippen molar-refractivity contribution in [2.45, 2.75) is 31.8 Å². The third kappa shape index (κ3) is 4.91. The smallest absolute Gasteiger partial charge is 0.376 e. The second-order valence-corrected chi connectivity index (χ2v) is 9.09. The zero-order valence-corrected chi connectivity index (χ0v) is 18.9. The SMILES string of the molecule is CB(O)N1CCC(CC(=O)N2CCN(C(O)(c3ccccc3)c3ccccc3)CC2)CC1. The van der Waals surface area contributed by atoms with Crippen LogP contribution in [0.3, 0.4) is 0 Å². The summed E-state index contributed by atoms with van der Waals surface area (Å²) in [7, 11) is -0.410. The number of carbonyl (C=O) groups is 1. The molecule has 0 aliphatic carbocycles. The van der Waals surface area contributed by atoms with E-state index in [-0.39, 0.29) is 5.91 Å². The summed E-state index contributed by atoms with van der Waals surface area (Å²) in [5, 5.41) is 21.7. The van der Waals surface area contributed by atoms with Crippen molar-refractivity contribution in [3.63, 3.8) is 0 Å². The van der Waals surface area contributed by atoms with Gasteiger partial charge in [-0.05, 0) is 38.7 Å². The molecule has 32 heavy (non-hydrogen) atoms. The fourth-order valence-corrected chi connectivity index (χ4v) is 5.06. The summed E-state index contributed by atoms with van der Waals surface area (Å²) in [5.74, 6) is 0.601. The van der Waals surface area contributed by atoms with E-state index in [1.165, 1.54) is 0 Å². The van der Waals surface area contributed by atoms with Crippen LogP contribution in [-0.2, 0) is 10.5 Å². The second-order valence-electron chi connectivity index (χ2n) is 9.09. The summed E-state index contributed by atoms with van der Waals surface area (Å²) in [6.45, 7) is 5.98. The quantitative estimate of drug-likeness (QED) is 0.682. The first-order chi connectivity index (χ1) is 15.5. The molecule has 0 saturated carbocycles. The van der Waals surface area contributed by atoms with Gasteiger partial charge in [-0.15, -0.1) is 0 Å². The normalized spacial score (nSPS) is 19.2. The van der Waals surface area contributed by atoms with Crippen LogP contribution in [-0.4, -0.2) is 77.0 Å². The van der Waals surface area contributed by atoms with Gasteiger partial charge in [-0.2, -0.15) is 0 Å². The van der Waals surface area contributed by atoms with Gasteiger partial charge in [0.2, 0.25) is 5.91 Å². The average Bonchev–Trinajstić information content (AvgIpc) is 2.85. The molecule has 2 fully saturated rings. The Kier molecular flexibility index (Phi) is 7.31. The number of benzene rings is 2. The minimum absolute atomic E-state index is 0.211. The summed E-state index contributed by atoms with van der Waals surface area (Å²) >= 11 is 0. The Morgan fingerprint density at radius 1 is 0.906 bits per heavy atom. The van der Waals surface area contributed by atoms with E-state index < -0.39 is 12.8 Å². The van der Waals surface area contributed by atoms with Crippen molar-refractivity contribution >= 4 is 13.0 Å². The lowest BCUT2D eigenvalue weighted by Crippen LogP contribution is -2.57. The highest BCUT2D eigenvalue weighted by Gasteiger charge is 2.40. The largest absolute Gasteiger partial charge is 0.437 e. The van der Waals surface area contributed by atoms with Crippen molar-refractivity contribution < 1.29 is 14.9 Å². The highest BCUT2D eigenvalue weighted by Crippen LogP contribution is 2.34. The molecule has 2 aliphatic rings. The predicted octanol–water partition coefficient (Wildman–Crippen LogP) is 2.24. The summed E-state index contributed by atoms with van der Waals surface area (Å²) in [5.41, 5.74) is 0.470. The van der Waals surface area contributed by atoms with Gasteiger partial charge in [0.1, 0.15) is 0 Å². The molecule has 0 atom stereocenters. The van der Waals surface area contributed by atoms with Crippen LogP contribution in [0.1, 0.15) is 30.4 Å². The van der Waals surface area contributed by atoms with Gasteiger partial charge in [-0.25, -0.2) is 0 Å². The van der Waals surface area contributed by atoms with E-state index in [4.69, 9.17) is 0 Å². The minimum Gasteiger partial charge on any atom is -0.437 e. The molecule has 2 aliphatic heterocycles. The fourth-order valence-electron chi connectivity index (χ4n) is 5.06. The molecule has 2 heterocycles. The third-order valence-electron chi connectivity index (χ3n) is 7.08. The van der Waals surface area contributed by atoms with Crippen LogP contribution in [0.5, 0.6) is 0 Å². The van der Waals surface area contributed by atoms with Gasteiger partial charge in [0.25, 0.3) is 0 Å². The molecule has 170 valence electrons. The number of rotatable bonds is 6. The summed E-state index contributed by atoms with van der Waals surface area (Å²) in [4.78, 5) is 19.1. The molecular weight excluding hydrogens is 401 g/mol. The van der Waals surface area contributed by atoms with Crippen LogP contribution in [0.4, 0.5) is 0 Å². The molecule has 0 aromatic heterocycles. The highest BCUT2D eigenvalue weighted by atomic mass is 16.3. The summed E-state index contributed by atoms with van der Waals surface area (Å²) in [6, 6.07) is 19.6. The molecule has 2 N–H and O–H groups in total. The molecule has 1 amide bonds. The fraction of sp³-hybridized carbons (Fsp3) is 0.480. The standard InChI is InChI=1S/C25H34BN3O3/c1-26(32)29-14-12-21(13-15-29)20-24(30)27-16-18-28(19-17-27)25(31,22-8-4-2-5-9-22)23-10-6-3-7-11-23/h2-11,21,31-32H,12-20H2,1H3. The van der Waals surface area contributed by atoms with Gasteiger partial charge >= 0.3 is 7.05 Å². The van der Waals surface area contributed by atoms with Gasteiger partial charge in [0, 0.05) is 43.7 Å². The van der Waals surface area contributed by atoms with E-state index in [0.29, 0.717) is 38.5 Å². The molecule has 0 bridgehead atoms. The molecule has 4 rings (SSSR count). The molecule has 2 aromatic carbocycles. The van der Waals surface area contributed by atoms with Crippen LogP contribution in [0.15, 0.2) is 60.7 Å². The monoisotopic (exact) mass is 435 g/mol. The van der Waals surface area contributed by atoms with E-state index in [2.05, 4.69) is 9.71 Å². The number of piperazine rings is 1. The van der Waals surface area contributed by atoms with E-state index in [0.717, 1.165) is 37.1 Å². The zero-order chi connectivity index (χ0) is 22.6. The van der Waals surface area contributed by atoms with E-state index >= 15 is 0 Å². The Bertz CT molecular complexity index is 825. The van der Waals surface area contributed by atoms with Gasteiger partial charge < -0.3 is 19.8 Å². The Morgan fingerprint density at radius 3 is 1.88 bits per heavy atom. The lowest BCUT2D eigenvalue weighted by molar-refractivity contribution is -0.141. The number of carbonyl (C=O) groups excluding carboxylic acids is 1. The first-order valence-electron chi connectivity index (χ1n) is 11.8. The molecular formula is C25H34BN3O3. The van der Waals surface area contributed by atoms with E-state index in [1.54, 1.807) is 6.82 Å². The molecule has 0 unspecified atom stereocenters. The van der Waals surface area contributed by atoms with Crippen LogP contribution >= 0.6 is 0 Å². The molecule has 7 heteroatoms. The maximum Gasteiger partial charge on any atom is 0.376 e. The molecule has 0 radical (unpaired) electrons. The number of amides is 1. The number of nitrogens with zero attached hydrogens (tertiary/aromatic N) is 3. The third-order valence-corrected chi connectivity index (χ3v) is 7.08.